The Kier molecular flexibility index (Phi) is 6.06. The molecule has 0 unspecified atom stereocenters. The highest BCUT2D eigenvalue weighted by Gasteiger charge is 2.27. The lowest BCUT2D eigenvalue weighted by Gasteiger charge is -2.33. The van der Waals surface area contributed by atoms with Crippen LogP contribution in [0, 0.1) is 0 Å². The van der Waals surface area contributed by atoms with Gasteiger partial charge in [0.1, 0.15) is 11.8 Å². The van der Waals surface area contributed by atoms with Crippen molar-refractivity contribution in [2.24, 2.45) is 5.73 Å². The van der Waals surface area contributed by atoms with E-state index in [0.29, 0.717) is 6.61 Å². The maximum atomic E-state index is 12.5. The van der Waals surface area contributed by atoms with E-state index in [1.165, 1.54) is 0 Å². The lowest BCUT2D eigenvalue weighted by atomic mass is 10.1. The van der Waals surface area contributed by atoms with E-state index in [0.717, 1.165) is 65.7 Å². The van der Waals surface area contributed by atoms with Gasteiger partial charge in [0.25, 0.3) is 5.91 Å². The first-order valence-corrected chi connectivity index (χ1v) is 9.51. The Bertz CT molecular complexity index is 793. The third-order valence-electron chi connectivity index (χ3n) is 4.88. The quantitative estimate of drug-likeness (QED) is 0.676. The van der Waals surface area contributed by atoms with Crippen LogP contribution in [0.3, 0.4) is 0 Å². The number of nitrogens with two attached hydrogens (primary N) is 1. The SMILES string of the molecule is Cl.N[C@@H]1CCCN(c2c(Br)cnc3[nH]cc(NC(=O)[C@H]4CCCO4)c23)C1. The Morgan fingerprint density at radius 1 is 1.42 bits per heavy atom. The normalized spacial score (nSPS) is 23.1. The molecule has 4 heterocycles. The van der Waals surface area contributed by atoms with Crippen molar-refractivity contribution in [3.8, 4) is 0 Å². The summed E-state index contributed by atoms with van der Waals surface area (Å²) in [7, 11) is 0. The molecule has 2 aromatic rings. The van der Waals surface area contributed by atoms with Crippen LogP contribution >= 0.6 is 28.3 Å². The number of H-pyrrole nitrogens is 1. The van der Waals surface area contributed by atoms with E-state index in [4.69, 9.17) is 10.5 Å². The highest BCUT2D eigenvalue weighted by Crippen LogP contribution is 2.39. The first kappa shape index (κ1) is 19.4. The maximum Gasteiger partial charge on any atom is 0.253 e. The number of halogens is 2. The molecule has 2 aliphatic heterocycles. The second kappa shape index (κ2) is 8.12. The van der Waals surface area contributed by atoms with E-state index in [1.807, 2.05) is 0 Å². The smallest absolute Gasteiger partial charge is 0.253 e. The molecule has 26 heavy (non-hydrogen) atoms. The minimum absolute atomic E-state index is 0. The lowest BCUT2D eigenvalue weighted by molar-refractivity contribution is -0.124. The Balaban J connectivity index is 0.00000196. The molecule has 1 amide bonds. The molecule has 2 fully saturated rings. The summed E-state index contributed by atoms with van der Waals surface area (Å²) in [6.07, 6.45) is 7.01. The lowest BCUT2D eigenvalue weighted by Crippen LogP contribution is -2.43. The van der Waals surface area contributed by atoms with Crippen molar-refractivity contribution in [1.29, 1.82) is 0 Å². The predicted molar refractivity (Wildman–Crippen MR) is 108 cm³/mol. The summed E-state index contributed by atoms with van der Waals surface area (Å²) in [5.41, 5.74) is 8.68. The Labute approximate surface area is 166 Å². The predicted octanol–water partition coefficient (Wildman–Crippen LogP) is 2.79. The van der Waals surface area contributed by atoms with E-state index >= 15 is 0 Å². The topological polar surface area (TPSA) is 96.3 Å². The number of fused-ring (bicyclic) bond motifs is 1. The van der Waals surface area contributed by atoms with Crippen molar-refractivity contribution in [3.05, 3.63) is 16.9 Å². The number of carbonyl (C=O) groups is 1. The van der Waals surface area contributed by atoms with E-state index in [1.54, 1.807) is 12.4 Å². The van der Waals surface area contributed by atoms with Crippen LogP contribution in [-0.4, -0.2) is 47.7 Å². The number of aromatic nitrogens is 2. The number of nitrogens with one attached hydrogen (secondary N) is 2. The Morgan fingerprint density at radius 3 is 3.00 bits per heavy atom. The van der Waals surface area contributed by atoms with Crippen LogP contribution in [-0.2, 0) is 9.53 Å². The summed E-state index contributed by atoms with van der Waals surface area (Å²) < 4.78 is 6.39. The first-order chi connectivity index (χ1) is 12.1. The molecule has 7 nitrogen and oxygen atoms in total. The number of amides is 1. The minimum atomic E-state index is -0.364. The van der Waals surface area contributed by atoms with Gasteiger partial charge in [-0.2, -0.15) is 0 Å². The van der Waals surface area contributed by atoms with E-state index in [9.17, 15) is 4.79 Å². The molecule has 4 rings (SSSR count). The maximum absolute atomic E-state index is 12.5. The summed E-state index contributed by atoms with van der Waals surface area (Å²) in [6, 6.07) is 0.160. The van der Waals surface area contributed by atoms with Gasteiger partial charge in [0, 0.05) is 38.1 Å². The van der Waals surface area contributed by atoms with Gasteiger partial charge < -0.3 is 25.7 Å². The number of pyridine rings is 1. The van der Waals surface area contributed by atoms with Gasteiger partial charge in [-0.1, -0.05) is 0 Å². The van der Waals surface area contributed by atoms with Crippen LogP contribution in [0.15, 0.2) is 16.9 Å². The Morgan fingerprint density at radius 2 is 2.27 bits per heavy atom. The summed E-state index contributed by atoms with van der Waals surface area (Å²) >= 11 is 3.63. The van der Waals surface area contributed by atoms with Crippen molar-refractivity contribution in [2.45, 2.75) is 37.8 Å². The van der Waals surface area contributed by atoms with Gasteiger partial charge >= 0.3 is 0 Å². The fourth-order valence-corrected chi connectivity index (χ4v) is 4.23. The highest BCUT2D eigenvalue weighted by atomic mass is 79.9. The van der Waals surface area contributed by atoms with Crippen LogP contribution in [0.25, 0.3) is 11.0 Å². The molecule has 4 N–H and O–H groups in total. The average molecular weight is 445 g/mol. The number of rotatable bonds is 3. The number of hydrogen-bond acceptors (Lipinski definition) is 5. The molecule has 9 heteroatoms. The fraction of sp³-hybridized carbons (Fsp3) is 0.529. The number of piperidine rings is 1. The summed E-state index contributed by atoms with van der Waals surface area (Å²) in [4.78, 5) is 22.3. The van der Waals surface area contributed by atoms with Crippen LogP contribution in [0.1, 0.15) is 25.7 Å². The molecule has 0 radical (unpaired) electrons. The van der Waals surface area contributed by atoms with Gasteiger partial charge in [0.15, 0.2) is 0 Å². The zero-order valence-electron chi connectivity index (χ0n) is 14.3. The minimum Gasteiger partial charge on any atom is -0.368 e. The van der Waals surface area contributed by atoms with Gasteiger partial charge in [-0.05, 0) is 41.6 Å². The van der Waals surface area contributed by atoms with Crippen LogP contribution in [0.2, 0.25) is 0 Å². The molecule has 2 saturated heterocycles. The molecule has 0 aromatic carbocycles. The van der Waals surface area contributed by atoms with E-state index in [-0.39, 0.29) is 30.5 Å². The number of ether oxygens (including phenoxy) is 1. The first-order valence-electron chi connectivity index (χ1n) is 8.72. The van der Waals surface area contributed by atoms with Crippen LogP contribution in [0.5, 0.6) is 0 Å². The van der Waals surface area contributed by atoms with Crippen molar-refractivity contribution < 1.29 is 9.53 Å². The molecule has 0 bridgehead atoms. The number of anilines is 2. The van der Waals surface area contributed by atoms with E-state index < -0.39 is 0 Å². The Hall–Kier alpha value is -1.35. The van der Waals surface area contributed by atoms with Crippen LogP contribution < -0.4 is 16.0 Å². The van der Waals surface area contributed by atoms with Crippen molar-refractivity contribution in [1.82, 2.24) is 9.97 Å². The molecule has 0 aliphatic carbocycles. The van der Waals surface area contributed by atoms with Gasteiger partial charge in [-0.15, -0.1) is 12.4 Å². The molecule has 2 aliphatic rings. The molecule has 142 valence electrons. The van der Waals surface area contributed by atoms with E-state index in [2.05, 4.69) is 36.1 Å². The monoisotopic (exact) mass is 443 g/mol. The number of aromatic amines is 1. The molecular weight excluding hydrogens is 422 g/mol. The van der Waals surface area contributed by atoms with Crippen molar-refractivity contribution >= 4 is 56.7 Å². The zero-order valence-corrected chi connectivity index (χ0v) is 16.7. The fourth-order valence-electron chi connectivity index (χ4n) is 3.67. The number of nitrogens with zero attached hydrogens (tertiary/aromatic N) is 2. The van der Waals surface area contributed by atoms with Gasteiger partial charge in [0.05, 0.1) is 21.2 Å². The number of carbonyl (C=O) groups excluding carboxylic acids is 1. The average Bonchev–Trinajstić information content (AvgIpc) is 3.25. The molecule has 2 aromatic heterocycles. The number of hydrogen-bond donors (Lipinski definition) is 3. The summed E-state index contributed by atoms with van der Waals surface area (Å²) in [5.74, 6) is -0.0975. The third kappa shape index (κ3) is 3.69. The van der Waals surface area contributed by atoms with Crippen LogP contribution in [0.4, 0.5) is 11.4 Å². The zero-order chi connectivity index (χ0) is 17.4. The van der Waals surface area contributed by atoms with Crippen molar-refractivity contribution in [2.75, 3.05) is 29.9 Å². The van der Waals surface area contributed by atoms with Gasteiger partial charge in [0.2, 0.25) is 0 Å². The van der Waals surface area contributed by atoms with Gasteiger partial charge in [-0.3, -0.25) is 4.79 Å². The van der Waals surface area contributed by atoms with Crippen molar-refractivity contribution in [3.63, 3.8) is 0 Å². The molecule has 2 atom stereocenters. The largest absolute Gasteiger partial charge is 0.368 e. The standard InChI is InChI=1S/C17H22BrN5O2.ClH/c18-11-7-20-16-14(15(11)23-5-1-3-10(19)9-23)12(8-21-16)22-17(24)13-4-2-6-25-13;/h7-8,10,13H,1-6,9,19H2,(H,20,21)(H,22,24);1H/t10-,13-;/m1./s1. The summed E-state index contributed by atoms with van der Waals surface area (Å²) in [6.45, 7) is 2.38. The molecule has 0 saturated carbocycles. The second-order valence-electron chi connectivity index (χ2n) is 6.72. The third-order valence-corrected chi connectivity index (χ3v) is 5.46. The highest BCUT2D eigenvalue weighted by molar-refractivity contribution is 9.10. The second-order valence-corrected chi connectivity index (χ2v) is 7.57. The van der Waals surface area contributed by atoms with Gasteiger partial charge in [-0.25, -0.2) is 4.98 Å². The summed E-state index contributed by atoms with van der Waals surface area (Å²) in [5, 5.41) is 3.92. The molecular formula is C17H23BrClN5O2. The molecule has 0 spiro atoms.